The molecule has 0 unspecified atom stereocenters. The fourth-order valence-electron chi connectivity index (χ4n) is 3.31. The molecule has 6 nitrogen and oxygen atoms in total. The Morgan fingerprint density at radius 1 is 0.943 bits per heavy atom. The highest BCUT2D eigenvalue weighted by atomic mass is 35.5. The predicted octanol–water partition coefficient (Wildman–Crippen LogP) is 7.11. The van der Waals surface area contributed by atoms with E-state index in [0.29, 0.717) is 21.2 Å². The Balaban J connectivity index is 1.65. The fraction of sp³-hybridized carbons (Fsp3) is 0.0800. The molecule has 178 valence electrons. The van der Waals surface area contributed by atoms with Crippen molar-refractivity contribution in [2.24, 2.45) is 0 Å². The molecule has 0 bridgehead atoms. The van der Waals surface area contributed by atoms with E-state index in [2.05, 4.69) is 0 Å². The first-order chi connectivity index (χ1) is 16.8. The Labute approximate surface area is 220 Å². The first-order valence-corrected chi connectivity index (χ1v) is 12.1. The van der Waals surface area contributed by atoms with Gasteiger partial charge in [0.25, 0.3) is 11.1 Å². The minimum absolute atomic E-state index is 0.0764. The summed E-state index contributed by atoms with van der Waals surface area (Å²) >= 11 is 19.3. The van der Waals surface area contributed by atoms with Crippen LogP contribution >= 0.6 is 46.6 Å². The number of esters is 1. The number of hydrogen-bond donors (Lipinski definition) is 0. The van der Waals surface area contributed by atoms with Crippen molar-refractivity contribution in [2.75, 3.05) is 7.11 Å². The van der Waals surface area contributed by atoms with Gasteiger partial charge in [0.1, 0.15) is 0 Å². The van der Waals surface area contributed by atoms with Crippen molar-refractivity contribution >= 4 is 69.8 Å². The van der Waals surface area contributed by atoms with Crippen molar-refractivity contribution in [3.05, 3.63) is 97.3 Å². The zero-order valence-corrected chi connectivity index (χ0v) is 21.2. The van der Waals surface area contributed by atoms with Gasteiger partial charge in [-0.2, -0.15) is 0 Å². The van der Waals surface area contributed by atoms with Gasteiger partial charge in [0.05, 0.1) is 29.1 Å². The highest BCUT2D eigenvalue weighted by molar-refractivity contribution is 8.18. The lowest BCUT2D eigenvalue weighted by atomic mass is 10.1. The third-order valence-corrected chi connectivity index (χ3v) is 7.00. The molecule has 1 saturated heterocycles. The van der Waals surface area contributed by atoms with Crippen molar-refractivity contribution < 1.29 is 23.9 Å². The number of carbonyl (C=O) groups is 3. The van der Waals surface area contributed by atoms with E-state index in [0.717, 1.165) is 16.7 Å². The number of thioether (sulfide) groups is 1. The Kier molecular flexibility index (Phi) is 7.72. The summed E-state index contributed by atoms with van der Waals surface area (Å²) in [5.74, 6) is -0.875. The SMILES string of the molecule is COc1cccc(/C=C2\SC(=O)N(Cc3c(Cl)cccc3Cl)C2=O)c1OC(=O)c1ccccc1Cl. The number of halogens is 3. The average molecular weight is 549 g/mol. The molecule has 0 atom stereocenters. The molecule has 3 aromatic carbocycles. The molecule has 0 N–H and O–H groups in total. The lowest BCUT2D eigenvalue weighted by Gasteiger charge is -2.15. The summed E-state index contributed by atoms with van der Waals surface area (Å²) in [5.41, 5.74) is 1.00. The maximum atomic E-state index is 13.1. The van der Waals surface area contributed by atoms with Crippen LogP contribution in [0, 0.1) is 0 Å². The molecule has 0 aliphatic carbocycles. The number of hydrogen-bond acceptors (Lipinski definition) is 6. The topological polar surface area (TPSA) is 72.9 Å². The van der Waals surface area contributed by atoms with Crippen molar-refractivity contribution in [1.82, 2.24) is 4.90 Å². The highest BCUT2D eigenvalue weighted by Crippen LogP contribution is 2.39. The number of ether oxygens (including phenoxy) is 2. The summed E-state index contributed by atoms with van der Waals surface area (Å²) in [6.07, 6.45) is 1.47. The van der Waals surface area contributed by atoms with Crippen LogP contribution in [0.3, 0.4) is 0 Å². The van der Waals surface area contributed by atoms with E-state index >= 15 is 0 Å². The van der Waals surface area contributed by atoms with Crippen LogP contribution in [-0.2, 0) is 11.3 Å². The van der Waals surface area contributed by atoms with Crippen molar-refractivity contribution in [1.29, 1.82) is 0 Å². The van der Waals surface area contributed by atoms with Gasteiger partial charge in [-0.15, -0.1) is 0 Å². The van der Waals surface area contributed by atoms with Crippen LogP contribution in [0.1, 0.15) is 21.5 Å². The second-order valence-corrected chi connectivity index (χ2v) is 9.43. The number of benzene rings is 3. The van der Waals surface area contributed by atoms with Gasteiger partial charge in [0, 0.05) is 21.2 Å². The van der Waals surface area contributed by atoms with Gasteiger partial charge in [0.2, 0.25) is 0 Å². The van der Waals surface area contributed by atoms with E-state index in [1.54, 1.807) is 54.6 Å². The zero-order chi connectivity index (χ0) is 25.1. The molecule has 3 aromatic rings. The van der Waals surface area contributed by atoms with Gasteiger partial charge in [-0.1, -0.05) is 65.1 Å². The number of amides is 2. The lowest BCUT2D eigenvalue weighted by molar-refractivity contribution is -0.123. The molecule has 0 aromatic heterocycles. The monoisotopic (exact) mass is 547 g/mol. The second-order valence-electron chi connectivity index (χ2n) is 7.22. The third kappa shape index (κ3) is 5.33. The van der Waals surface area contributed by atoms with E-state index < -0.39 is 17.1 Å². The minimum Gasteiger partial charge on any atom is -0.493 e. The van der Waals surface area contributed by atoms with E-state index in [-0.39, 0.29) is 33.5 Å². The van der Waals surface area contributed by atoms with Gasteiger partial charge in [-0.05, 0) is 48.2 Å². The summed E-state index contributed by atoms with van der Waals surface area (Å²) in [7, 11) is 1.42. The quantitative estimate of drug-likeness (QED) is 0.186. The van der Waals surface area contributed by atoms with Crippen LogP contribution in [0.25, 0.3) is 6.08 Å². The maximum Gasteiger partial charge on any atom is 0.345 e. The minimum atomic E-state index is -0.698. The highest BCUT2D eigenvalue weighted by Gasteiger charge is 2.36. The molecule has 1 heterocycles. The molecule has 1 fully saturated rings. The van der Waals surface area contributed by atoms with Crippen molar-refractivity contribution in [3.63, 3.8) is 0 Å². The first kappa shape index (κ1) is 25.1. The van der Waals surface area contributed by atoms with E-state index in [1.165, 1.54) is 19.3 Å². The van der Waals surface area contributed by atoms with Crippen molar-refractivity contribution in [2.45, 2.75) is 6.54 Å². The Morgan fingerprint density at radius 3 is 2.29 bits per heavy atom. The number of nitrogens with zero attached hydrogens (tertiary/aromatic N) is 1. The first-order valence-electron chi connectivity index (χ1n) is 10.1. The number of rotatable bonds is 6. The summed E-state index contributed by atoms with van der Waals surface area (Å²) in [6.45, 7) is -0.0764. The molecule has 35 heavy (non-hydrogen) atoms. The molecule has 1 aliphatic rings. The van der Waals surface area contributed by atoms with E-state index in [1.807, 2.05) is 0 Å². The molecule has 0 saturated carbocycles. The largest absolute Gasteiger partial charge is 0.493 e. The van der Waals surface area contributed by atoms with E-state index in [9.17, 15) is 14.4 Å². The molecule has 0 radical (unpaired) electrons. The number of carbonyl (C=O) groups excluding carboxylic acids is 3. The number of para-hydroxylation sites is 1. The summed E-state index contributed by atoms with van der Waals surface area (Å²) in [5, 5.41) is 0.451. The maximum absolute atomic E-state index is 13.1. The molecular weight excluding hydrogens is 533 g/mol. The Morgan fingerprint density at radius 2 is 1.60 bits per heavy atom. The molecule has 4 rings (SSSR count). The van der Waals surface area contributed by atoms with Crippen LogP contribution in [-0.4, -0.2) is 29.1 Å². The van der Waals surface area contributed by atoms with Gasteiger partial charge in [-0.3, -0.25) is 14.5 Å². The molecule has 0 spiro atoms. The zero-order valence-electron chi connectivity index (χ0n) is 18.1. The number of imide groups is 1. The van der Waals surface area contributed by atoms with Gasteiger partial charge in [-0.25, -0.2) is 4.79 Å². The normalized spacial score (nSPS) is 14.5. The van der Waals surface area contributed by atoms with Crippen LogP contribution in [0.15, 0.2) is 65.6 Å². The van der Waals surface area contributed by atoms with Gasteiger partial charge >= 0.3 is 5.97 Å². The average Bonchev–Trinajstić information content (AvgIpc) is 3.09. The van der Waals surface area contributed by atoms with Crippen LogP contribution < -0.4 is 9.47 Å². The summed E-state index contributed by atoms with van der Waals surface area (Å²) < 4.78 is 11.0. The molecule has 10 heteroatoms. The van der Waals surface area contributed by atoms with Gasteiger partial charge in [0.15, 0.2) is 11.5 Å². The number of methoxy groups -OCH3 is 1. The van der Waals surface area contributed by atoms with Gasteiger partial charge < -0.3 is 9.47 Å². The third-order valence-electron chi connectivity index (χ3n) is 5.06. The van der Waals surface area contributed by atoms with E-state index in [4.69, 9.17) is 44.3 Å². The lowest BCUT2D eigenvalue weighted by Crippen LogP contribution is -2.27. The Hall–Kier alpha value is -2.97. The van der Waals surface area contributed by atoms with Crippen LogP contribution in [0.5, 0.6) is 11.5 Å². The standard InChI is InChI=1S/C25H16Cl3NO5S/c1-33-20-11-4-6-14(22(20)34-24(31)15-7-2-3-8-17(15)26)12-21-23(30)29(25(32)35-21)13-16-18(27)9-5-10-19(16)28/h2-12H,13H2,1H3/b21-12-. The van der Waals surface area contributed by atoms with Crippen molar-refractivity contribution in [3.8, 4) is 11.5 Å². The molecule has 2 amide bonds. The molecular formula is C25H16Cl3NO5S. The summed E-state index contributed by atoms with van der Waals surface area (Å²) in [4.78, 5) is 39.7. The predicted molar refractivity (Wildman–Crippen MR) is 137 cm³/mol. The summed E-state index contributed by atoms with van der Waals surface area (Å²) in [6, 6.07) is 16.3. The second kappa shape index (κ2) is 10.7. The Bertz CT molecular complexity index is 1350. The fourth-order valence-corrected chi connectivity index (χ4v) is 4.87. The smallest absolute Gasteiger partial charge is 0.345 e. The molecule has 1 aliphatic heterocycles. The van der Waals surface area contributed by atoms with Crippen LogP contribution in [0.4, 0.5) is 4.79 Å². The van der Waals surface area contributed by atoms with Crippen LogP contribution in [0.2, 0.25) is 15.1 Å².